The summed E-state index contributed by atoms with van der Waals surface area (Å²) in [7, 11) is 1.24. The molecule has 128 valence electrons. The number of phenolic OH excluding ortho intramolecular Hbond substituents is 3. The Balaban J connectivity index is 2.35. The van der Waals surface area contributed by atoms with E-state index >= 15 is 0 Å². The molecular weight excluding hydrogens is 334 g/mol. The Morgan fingerprint density at radius 3 is 2.44 bits per heavy atom. The predicted molar refractivity (Wildman–Crippen MR) is 86.1 cm³/mol. The first-order valence-corrected chi connectivity index (χ1v) is 6.87. The van der Waals surface area contributed by atoms with Gasteiger partial charge in [-0.25, -0.2) is 0 Å². The normalized spacial score (nSPS) is 10.8. The van der Waals surface area contributed by atoms with Gasteiger partial charge in [0.2, 0.25) is 0 Å². The molecule has 0 amide bonds. The summed E-state index contributed by atoms with van der Waals surface area (Å²) in [6.45, 7) is 0. The average molecular weight is 345 g/mol. The highest BCUT2D eigenvalue weighted by Gasteiger charge is 2.23. The van der Waals surface area contributed by atoms with E-state index in [-0.39, 0.29) is 39.5 Å². The van der Waals surface area contributed by atoms with Crippen LogP contribution in [0.2, 0.25) is 0 Å². The molecule has 9 heteroatoms. The average Bonchev–Trinajstić information content (AvgIpc) is 2.53. The quantitative estimate of drug-likeness (QED) is 0.485. The van der Waals surface area contributed by atoms with Crippen LogP contribution < -0.4 is 10.2 Å². The van der Waals surface area contributed by atoms with E-state index < -0.39 is 21.8 Å². The van der Waals surface area contributed by atoms with Crippen molar-refractivity contribution >= 4 is 16.7 Å². The van der Waals surface area contributed by atoms with E-state index in [0.717, 1.165) is 30.3 Å². The van der Waals surface area contributed by atoms with Crippen LogP contribution >= 0.6 is 0 Å². The minimum atomic E-state index is -0.721. The van der Waals surface area contributed by atoms with Crippen LogP contribution in [-0.2, 0) is 0 Å². The van der Waals surface area contributed by atoms with Crippen LogP contribution in [0.15, 0.2) is 39.5 Å². The van der Waals surface area contributed by atoms with Crippen molar-refractivity contribution in [1.82, 2.24) is 0 Å². The van der Waals surface area contributed by atoms with Gasteiger partial charge in [-0.1, -0.05) is 0 Å². The van der Waals surface area contributed by atoms with Gasteiger partial charge in [-0.05, 0) is 0 Å². The SMILES string of the molecule is COc1cc([N+](=O)[O-])c(-c2cc(=O)c3c(O)cc(O)cc3o2)cc1O. The molecule has 0 bridgehead atoms. The van der Waals surface area contributed by atoms with E-state index in [2.05, 4.69) is 0 Å². The van der Waals surface area contributed by atoms with Gasteiger partial charge in [0, 0.05) is 24.3 Å². The van der Waals surface area contributed by atoms with E-state index in [9.17, 15) is 30.2 Å². The summed E-state index contributed by atoms with van der Waals surface area (Å²) in [4.78, 5) is 22.8. The van der Waals surface area contributed by atoms with Crippen LogP contribution in [0, 0.1) is 10.1 Å². The molecule has 1 aromatic heterocycles. The lowest BCUT2D eigenvalue weighted by molar-refractivity contribution is -0.384. The van der Waals surface area contributed by atoms with Crippen LogP contribution in [-0.4, -0.2) is 27.4 Å². The zero-order valence-electron chi connectivity index (χ0n) is 12.7. The molecule has 0 spiro atoms. The fraction of sp³-hybridized carbons (Fsp3) is 0.0625. The second-order valence-corrected chi connectivity index (χ2v) is 5.11. The molecule has 0 atom stereocenters. The molecule has 3 aromatic rings. The van der Waals surface area contributed by atoms with Crippen LogP contribution in [0.3, 0.4) is 0 Å². The summed E-state index contributed by atoms with van der Waals surface area (Å²) in [5.41, 5.74) is -1.45. The van der Waals surface area contributed by atoms with Gasteiger partial charge >= 0.3 is 0 Å². The summed E-state index contributed by atoms with van der Waals surface area (Å²) >= 11 is 0. The highest BCUT2D eigenvalue weighted by molar-refractivity contribution is 5.87. The van der Waals surface area contributed by atoms with Crippen LogP contribution in [0.4, 0.5) is 5.69 Å². The maximum atomic E-state index is 12.2. The number of benzene rings is 2. The van der Waals surface area contributed by atoms with Crippen LogP contribution in [0.1, 0.15) is 0 Å². The molecule has 1 heterocycles. The fourth-order valence-electron chi connectivity index (χ4n) is 2.46. The summed E-state index contributed by atoms with van der Waals surface area (Å²) in [6.07, 6.45) is 0. The van der Waals surface area contributed by atoms with Gasteiger partial charge in [0.1, 0.15) is 28.2 Å². The largest absolute Gasteiger partial charge is 0.508 e. The molecule has 0 radical (unpaired) electrons. The van der Waals surface area contributed by atoms with Crippen molar-refractivity contribution in [2.24, 2.45) is 0 Å². The Kier molecular flexibility index (Phi) is 3.68. The molecule has 9 nitrogen and oxygen atoms in total. The highest BCUT2D eigenvalue weighted by atomic mass is 16.6. The lowest BCUT2D eigenvalue weighted by atomic mass is 10.1. The maximum absolute atomic E-state index is 12.2. The highest BCUT2D eigenvalue weighted by Crippen LogP contribution is 2.40. The third-order valence-corrected chi connectivity index (χ3v) is 3.55. The standard InChI is InChI=1S/C16H11NO8/c1-24-14-5-9(17(22)23)8(4-10(14)19)13-6-12(21)16-11(20)2-7(18)3-15(16)25-13/h2-6,18-20H,1H3. The van der Waals surface area contributed by atoms with Crippen molar-refractivity contribution in [1.29, 1.82) is 0 Å². The number of rotatable bonds is 3. The molecule has 0 fully saturated rings. The number of phenols is 3. The molecular formula is C16H11NO8. The molecule has 0 saturated carbocycles. The first-order valence-electron chi connectivity index (χ1n) is 6.87. The summed E-state index contributed by atoms with van der Waals surface area (Å²) in [6, 6.07) is 5.04. The zero-order chi connectivity index (χ0) is 18.3. The molecule has 2 aromatic carbocycles. The molecule has 0 saturated heterocycles. The number of aromatic hydroxyl groups is 3. The lowest BCUT2D eigenvalue weighted by Gasteiger charge is -2.08. The van der Waals surface area contributed by atoms with Gasteiger partial charge in [-0.15, -0.1) is 0 Å². The number of ether oxygens (including phenoxy) is 1. The van der Waals surface area contributed by atoms with Crippen molar-refractivity contribution in [2.75, 3.05) is 7.11 Å². The molecule has 0 aliphatic carbocycles. The summed E-state index contributed by atoms with van der Waals surface area (Å²) in [5.74, 6) is -1.55. The number of fused-ring (bicyclic) bond motifs is 1. The Morgan fingerprint density at radius 1 is 1.08 bits per heavy atom. The lowest BCUT2D eigenvalue weighted by Crippen LogP contribution is -2.02. The maximum Gasteiger partial charge on any atom is 0.284 e. The summed E-state index contributed by atoms with van der Waals surface area (Å²) < 4.78 is 10.3. The van der Waals surface area contributed by atoms with Crippen molar-refractivity contribution in [3.63, 3.8) is 0 Å². The van der Waals surface area contributed by atoms with Gasteiger partial charge < -0.3 is 24.5 Å². The molecule has 0 unspecified atom stereocenters. The van der Waals surface area contributed by atoms with Crippen LogP contribution in [0.25, 0.3) is 22.3 Å². The van der Waals surface area contributed by atoms with Gasteiger partial charge in [0.05, 0.1) is 23.7 Å². The van der Waals surface area contributed by atoms with Crippen molar-refractivity contribution < 1.29 is 29.4 Å². The first kappa shape index (κ1) is 16.1. The van der Waals surface area contributed by atoms with E-state index in [0.29, 0.717) is 0 Å². The van der Waals surface area contributed by atoms with Crippen molar-refractivity contribution in [2.45, 2.75) is 0 Å². The van der Waals surface area contributed by atoms with Crippen molar-refractivity contribution in [3.05, 3.63) is 50.7 Å². The predicted octanol–water partition coefficient (Wildman–Crippen LogP) is 2.49. The number of methoxy groups -OCH3 is 1. The Bertz CT molecular complexity index is 1070. The van der Waals surface area contributed by atoms with E-state index in [1.165, 1.54) is 7.11 Å². The minimum Gasteiger partial charge on any atom is -0.508 e. The minimum absolute atomic E-state index is 0.117. The van der Waals surface area contributed by atoms with E-state index in [1.807, 2.05) is 0 Å². The zero-order valence-corrected chi connectivity index (χ0v) is 12.7. The van der Waals surface area contributed by atoms with E-state index in [1.54, 1.807) is 0 Å². The second kappa shape index (κ2) is 5.71. The molecule has 25 heavy (non-hydrogen) atoms. The van der Waals surface area contributed by atoms with Gasteiger partial charge in [-0.2, -0.15) is 0 Å². The number of nitrogens with zero attached hydrogens (tertiary/aromatic N) is 1. The molecule has 3 rings (SSSR count). The fourth-order valence-corrected chi connectivity index (χ4v) is 2.46. The van der Waals surface area contributed by atoms with Crippen molar-refractivity contribution in [3.8, 4) is 34.3 Å². The second-order valence-electron chi connectivity index (χ2n) is 5.11. The Labute approximate surface area is 139 Å². The van der Waals surface area contributed by atoms with Gasteiger partial charge in [0.15, 0.2) is 16.9 Å². The molecule has 3 N–H and O–H groups in total. The third-order valence-electron chi connectivity index (χ3n) is 3.55. The van der Waals surface area contributed by atoms with Gasteiger partial charge in [-0.3, -0.25) is 14.9 Å². The van der Waals surface area contributed by atoms with E-state index in [4.69, 9.17) is 9.15 Å². The monoisotopic (exact) mass is 345 g/mol. The Morgan fingerprint density at radius 2 is 1.80 bits per heavy atom. The molecule has 0 aliphatic heterocycles. The van der Waals surface area contributed by atoms with Gasteiger partial charge in [0.25, 0.3) is 5.69 Å². The first-order chi connectivity index (χ1) is 11.8. The number of hydrogen-bond acceptors (Lipinski definition) is 8. The topological polar surface area (TPSA) is 143 Å². The Hall–Kier alpha value is -3.75. The third kappa shape index (κ3) is 2.67. The number of hydrogen-bond donors (Lipinski definition) is 3. The van der Waals surface area contributed by atoms with Crippen LogP contribution in [0.5, 0.6) is 23.0 Å². The summed E-state index contributed by atoms with van der Waals surface area (Å²) in [5, 5.41) is 40.3. The number of nitro groups is 1. The number of nitro benzene ring substituents is 1. The smallest absolute Gasteiger partial charge is 0.284 e. The molecule has 0 aliphatic rings.